The van der Waals surface area contributed by atoms with Gasteiger partial charge in [0, 0.05) is 25.2 Å². The Balaban J connectivity index is 2.17. The Kier molecular flexibility index (Phi) is 4.70. The van der Waals surface area contributed by atoms with Gasteiger partial charge in [-0.3, -0.25) is 0 Å². The van der Waals surface area contributed by atoms with E-state index in [1.807, 2.05) is 25.4 Å². The maximum atomic E-state index is 13.9. The molecule has 0 saturated heterocycles. The zero-order valence-corrected chi connectivity index (χ0v) is 12.0. The fourth-order valence-corrected chi connectivity index (χ4v) is 3.27. The van der Waals surface area contributed by atoms with Crippen LogP contribution in [-0.4, -0.2) is 38.3 Å². The molecule has 104 valence electrons. The maximum absolute atomic E-state index is 13.9. The van der Waals surface area contributed by atoms with E-state index in [0.717, 1.165) is 24.8 Å². The SMILES string of the molecule is CN=CC1C[C@H](c2ccccc2F)CC[C@@H]1N(C)C. The maximum Gasteiger partial charge on any atom is 0.126 e. The van der Waals surface area contributed by atoms with Crippen LogP contribution in [0.3, 0.4) is 0 Å². The monoisotopic (exact) mass is 262 g/mol. The van der Waals surface area contributed by atoms with Gasteiger partial charge >= 0.3 is 0 Å². The molecule has 0 amide bonds. The summed E-state index contributed by atoms with van der Waals surface area (Å²) in [4.78, 5) is 6.46. The van der Waals surface area contributed by atoms with E-state index in [1.54, 1.807) is 12.1 Å². The molecule has 19 heavy (non-hydrogen) atoms. The summed E-state index contributed by atoms with van der Waals surface area (Å²) < 4.78 is 13.9. The second kappa shape index (κ2) is 6.29. The first-order valence-corrected chi connectivity index (χ1v) is 6.96. The van der Waals surface area contributed by atoms with Crippen LogP contribution in [0.1, 0.15) is 30.7 Å². The summed E-state index contributed by atoms with van der Waals surface area (Å²) in [6.07, 6.45) is 5.18. The Bertz CT molecular complexity index is 442. The van der Waals surface area contributed by atoms with Gasteiger partial charge in [0.05, 0.1) is 0 Å². The molecule has 1 aromatic carbocycles. The molecule has 0 radical (unpaired) electrons. The Morgan fingerprint density at radius 3 is 2.63 bits per heavy atom. The van der Waals surface area contributed by atoms with E-state index in [4.69, 9.17) is 0 Å². The Hall–Kier alpha value is -1.22. The molecule has 0 aliphatic heterocycles. The summed E-state index contributed by atoms with van der Waals surface area (Å²) in [5, 5.41) is 0. The van der Waals surface area contributed by atoms with Crippen LogP contribution in [0.2, 0.25) is 0 Å². The zero-order valence-electron chi connectivity index (χ0n) is 12.0. The first-order chi connectivity index (χ1) is 9.13. The van der Waals surface area contributed by atoms with Gasteiger partial charge in [-0.2, -0.15) is 0 Å². The largest absolute Gasteiger partial charge is 0.306 e. The lowest BCUT2D eigenvalue weighted by Gasteiger charge is -2.38. The molecule has 1 aliphatic carbocycles. The van der Waals surface area contributed by atoms with Crippen LogP contribution in [-0.2, 0) is 0 Å². The predicted molar refractivity (Wildman–Crippen MR) is 78.4 cm³/mol. The Labute approximate surface area is 115 Å². The van der Waals surface area contributed by atoms with Crippen LogP contribution in [0.4, 0.5) is 4.39 Å². The minimum atomic E-state index is -0.0667. The van der Waals surface area contributed by atoms with Crippen molar-refractivity contribution in [1.29, 1.82) is 0 Å². The molecule has 3 heteroatoms. The van der Waals surface area contributed by atoms with E-state index in [0.29, 0.717) is 17.9 Å². The van der Waals surface area contributed by atoms with E-state index in [1.165, 1.54) is 0 Å². The summed E-state index contributed by atoms with van der Waals surface area (Å²) in [6, 6.07) is 7.70. The highest BCUT2D eigenvalue weighted by Crippen LogP contribution is 2.38. The highest BCUT2D eigenvalue weighted by atomic mass is 19.1. The molecule has 0 N–H and O–H groups in total. The van der Waals surface area contributed by atoms with Gasteiger partial charge in [0.2, 0.25) is 0 Å². The van der Waals surface area contributed by atoms with Crippen molar-refractivity contribution in [2.45, 2.75) is 31.2 Å². The molecule has 3 atom stereocenters. The van der Waals surface area contributed by atoms with Crippen LogP contribution in [0.5, 0.6) is 0 Å². The third-order valence-corrected chi connectivity index (χ3v) is 4.21. The predicted octanol–water partition coefficient (Wildman–Crippen LogP) is 3.34. The molecule has 1 aromatic rings. The van der Waals surface area contributed by atoms with Crippen LogP contribution in [0, 0.1) is 11.7 Å². The summed E-state index contributed by atoms with van der Waals surface area (Å²) in [7, 11) is 6.05. The molecule has 1 unspecified atom stereocenters. The van der Waals surface area contributed by atoms with Crippen molar-refractivity contribution in [2.24, 2.45) is 10.9 Å². The van der Waals surface area contributed by atoms with Gasteiger partial charge in [0.1, 0.15) is 5.82 Å². The van der Waals surface area contributed by atoms with E-state index >= 15 is 0 Å². The van der Waals surface area contributed by atoms with Crippen LogP contribution < -0.4 is 0 Å². The van der Waals surface area contributed by atoms with Crippen LogP contribution in [0.25, 0.3) is 0 Å². The smallest absolute Gasteiger partial charge is 0.126 e. The zero-order chi connectivity index (χ0) is 13.8. The van der Waals surface area contributed by atoms with Gasteiger partial charge in [0.15, 0.2) is 0 Å². The number of halogens is 1. The molecule has 2 rings (SSSR count). The van der Waals surface area contributed by atoms with Crippen molar-refractivity contribution in [1.82, 2.24) is 4.90 Å². The molecule has 0 spiro atoms. The summed E-state index contributed by atoms with van der Waals surface area (Å²) >= 11 is 0. The van der Waals surface area contributed by atoms with Gasteiger partial charge in [-0.05, 0) is 50.9 Å². The van der Waals surface area contributed by atoms with Gasteiger partial charge in [-0.1, -0.05) is 18.2 Å². The molecular weight excluding hydrogens is 239 g/mol. The second-order valence-electron chi connectivity index (χ2n) is 5.63. The number of hydrogen-bond acceptors (Lipinski definition) is 2. The first-order valence-electron chi connectivity index (χ1n) is 6.96. The normalized spacial score (nSPS) is 28.2. The molecule has 1 saturated carbocycles. The number of rotatable bonds is 3. The Morgan fingerprint density at radius 1 is 1.26 bits per heavy atom. The van der Waals surface area contributed by atoms with Crippen molar-refractivity contribution in [2.75, 3.05) is 21.1 Å². The van der Waals surface area contributed by atoms with Crippen molar-refractivity contribution in [3.8, 4) is 0 Å². The van der Waals surface area contributed by atoms with Crippen molar-refractivity contribution < 1.29 is 4.39 Å². The minimum Gasteiger partial charge on any atom is -0.306 e. The standard InChI is InChI=1S/C16H23FN2/c1-18-11-13-10-12(8-9-16(13)19(2)3)14-6-4-5-7-15(14)17/h4-7,11-13,16H,8-10H2,1-3H3/t12-,13?,16+/m1/s1. The summed E-state index contributed by atoms with van der Waals surface area (Å²) in [6.45, 7) is 0. The van der Waals surface area contributed by atoms with E-state index in [2.05, 4.69) is 24.0 Å². The lowest BCUT2D eigenvalue weighted by molar-refractivity contribution is 0.183. The fraction of sp³-hybridized carbons (Fsp3) is 0.562. The molecular formula is C16H23FN2. The van der Waals surface area contributed by atoms with Crippen molar-refractivity contribution in [3.63, 3.8) is 0 Å². The third kappa shape index (κ3) is 3.21. The molecule has 0 heterocycles. The van der Waals surface area contributed by atoms with Gasteiger partial charge in [-0.25, -0.2) is 4.39 Å². The van der Waals surface area contributed by atoms with E-state index < -0.39 is 0 Å². The number of nitrogens with zero attached hydrogens (tertiary/aromatic N) is 2. The second-order valence-corrected chi connectivity index (χ2v) is 5.63. The van der Waals surface area contributed by atoms with Gasteiger partial charge < -0.3 is 9.89 Å². The minimum absolute atomic E-state index is 0.0667. The highest BCUT2D eigenvalue weighted by Gasteiger charge is 2.32. The van der Waals surface area contributed by atoms with Gasteiger partial charge in [-0.15, -0.1) is 0 Å². The fourth-order valence-electron chi connectivity index (χ4n) is 3.27. The molecule has 2 nitrogen and oxygen atoms in total. The van der Waals surface area contributed by atoms with Crippen molar-refractivity contribution in [3.05, 3.63) is 35.6 Å². The van der Waals surface area contributed by atoms with E-state index in [-0.39, 0.29) is 5.82 Å². The number of aliphatic imine (C=N–C) groups is 1. The molecule has 1 aliphatic rings. The van der Waals surface area contributed by atoms with Gasteiger partial charge in [0.25, 0.3) is 0 Å². The number of hydrogen-bond donors (Lipinski definition) is 0. The molecule has 0 bridgehead atoms. The lowest BCUT2D eigenvalue weighted by atomic mass is 9.75. The first kappa shape index (κ1) is 14.2. The summed E-state index contributed by atoms with van der Waals surface area (Å²) in [5.41, 5.74) is 0.870. The quantitative estimate of drug-likeness (QED) is 0.763. The average molecular weight is 262 g/mol. The van der Waals surface area contributed by atoms with E-state index in [9.17, 15) is 4.39 Å². The Morgan fingerprint density at radius 2 is 2.00 bits per heavy atom. The molecule has 1 fully saturated rings. The third-order valence-electron chi connectivity index (χ3n) is 4.21. The summed E-state index contributed by atoms with van der Waals surface area (Å²) in [5.74, 6) is 0.668. The number of benzene rings is 1. The van der Waals surface area contributed by atoms with Crippen LogP contribution >= 0.6 is 0 Å². The lowest BCUT2D eigenvalue weighted by Crippen LogP contribution is -2.40. The van der Waals surface area contributed by atoms with Crippen molar-refractivity contribution >= 4 is 6.21 Å². The topological polar surface area (TPSA) is 15.6 Å². The molecule has 0 aromatic heterocycles. The average Bonchev–Trinajstić information content (AvgIpc) is 2.39. The van der Waals surface area contributed by atoms with Crippen LogP contribution in [0.15, 0.2) is 29.3 Å². The highest BCUT2D eigenvalue weighted by molar-refractivity contribution is 5.62.